The Morgan fingerprint density at radius 1 is 1.50 bits per heavy atom. The van der Waals surface area contributed by atoms with Gasteiger partial charge in [-0.3, -0.25) is 0 Å². The lowest BCUT2D eigenvalue weighted by atomic mass is 10.1. The molecule has 0 spiro atoms. The van der Waals surface area contributed by atoms with Crippen molar-refractivity contribution < 1.29 is 0 Å². The monoisotopic (exact) mass is 240 g/mol. The molecule has 0 radical (unpaired) electrons. The molecule has 0 aliphatic rings. The maximum atomic E-state index is 3.47. The van der Waals surface area contributed by atoms with Crippen molar-refractivity contribution in [1.82, 2.24) is 10.2 Å². The molecule has 0 amide bonds. The Bertz CT molecular complexity index is 259. The number of hydrogen-bond donors (Lipinski definition) is 1. The molecule has 0 fully saturated rings. The largest absolute Gasteiger partial charge is 0.316 e. The molecule has 3 heteroatoms. The van der Waals surface area contributed by atoms with Crippen LogP contribution in [0.3, 0.4) is 0 Å². The van der Waals surface area contributed by atoms with Gasteiger partial charge in [0.2, 0.25) is 0 Å². The molecule has 0 bridgehead atoms. The van der Waals surface area contributed by atoms with Gasteiger partial charge in [-0.15, -0.1) is 0 Å². The lowest BCUT2D eigenvalue weighted by Crippen LogP contribution is -2.31. The molecule has 0 aliphatic heterocycles. The number of nitrogens with zero attached hydrogens (tertiary/aromatic N) is 1. The van der Waals surface area contributed by atoms with Gasteiger partial charge >= 0.3 is 0 Å². The minimum atomic E-state index is 0.718. The number of thiophene rings is 1. The summed E-state index contributed by atoms with van der Waals surface area (Å²) in [5.74, 6) is 0.718. The van der Waals surface area contributed by atoms with Gasteiger partial charge in [0.1, 0.15) is 0 Å². The molecule has 2 nitrogen and oxygen atoms in total. The molecule has 1 atom stereocenters. The molecule has 1 unspecified atom stereocenters. The van der Waals surface area contributed by atoms with Crippen LogP contribution in [0.1, 0.15) is 25.8 Å². The predicted octanol–water partition coefficient (Wildman–Crippen LogP) is 2.82. The average Bonchev–Trinajstić information content (AvgIpc) is 2.70. The van der Waals surface area contributed by atoms with Crippen LogP contribution in [0.25, 0.3) is 0 Å². The van der Waals surface area contributed by atoms with E-state index < -0.39 is 0 Å². The molecule has 1 N–H and O–H groups in total. The maximum absolute atomic E-state index is 3.47. The minimum Gasteiger partial charge on any atom is -0.316 e. The molecular formula is C13H24N2S. The van der Waals surface area contributed by atoms with Crippen LogP contribution >= 0.6 is 11.3 Å². The van der Waals surface area contributed by atoms with Gasteiger partial charge in [0.25, 0.3) is 0 Å². The van der Waals surface area contributed by atoms with E-state index in [1.807, 2.05) is 0 Å². The van der Waals surface area contributed by atoms with Crippen molar-refractivity contribution >= 4 is 11.3 Å². The molecule has 1 aromatic heterocycles. The standard InChI is InChI=1S/C13H24N2S/c1-4-6-14-8-12(2)9-15(3)10-13-5-7-16-11-13/h5,7,11-12,14H,4,6,8-10H2,1-3H3. The Morgan fingerprint density at radius 2 is 2.31 bits per heavy atom. The molecule has 0 aliphatic carbocycles. The molecule has 0 aromatic carbocycles. The summed E-state index contributed by atoms with van der Waals surface area (Å²) in [6, 6.07) is 2.21. The molecule has 1 aromatic rings. The second kappa shape index (κ2) is 7.82. The van der Waals surface area contributed by atoms with E-state index in [0.717, 1.165) is 32.1 Å². The SMILES string of the molecule is CCCNCC(C)CN(C)Cc1ccsc1. The van der Waals surface area contributed by atoms with Crippen molar-refractivity contribution in [1.29, 1.82) is 0 Å². The van der Waals surface area contributed by atoms with Crippen LogP contribution in [0, 0.1) is 5.92 Å². The van der Waals surface area contributed by atoms with Crippen LogP contribution in [-0.2, 0) is 6.54 Å². The Balaban J connectivity index is 2.15. The van der Waals surface area contributed by atoms with Gasteiger partial charge in [-0.1, -0.05) is 13.8 Å². The third kappa shape index (κ3) is 5.64. The van der Waals surface area contributed by atoms with E-state index in [1.54, 1.807) is 11.3 Å². The third-order valence-electron chi connectivity index (χ3n) is 2.58. The van der Waals surface area contributed by atoms with Crippen LogP contribution in [-0.4, -0.2) is 31.6 Å². The minimum absolute atomic E-state index is 0.718. The first kappa shape index (κ1) is 13.7. The summed E-state index contributed by atoms with van der Waals surface area (Å²) in [6.07, 6.45) is 1.22. The van der Waals surface area contributed by atoms with Crippen molar-refractivity contribution in [2.24, 2.45) is 5.92 Å². The van der Waals surface area contributed by atoms with Crippen molar-refractivity contribution in [2.75, 3.05) is 26.7 Å². The molecule has 0 saturated heterocycles. The summed E-state index contributed by atoms with van der Waals surface area (Å²) < 4.78 is 0. The molecular weight excluding hydrogens is 216 g/mol. The van der Waals surface area contributed by atoms with Gasteiger partial charge in [0.15, 0.2) is 0 Å². The fourth-order valence-electron chi connectivity index (χ4n) is 1.88. The first-order valence-electron chi connectivity index (χ1n) is 6.12. The Morgan fingerprint density at radius 3 is 2.94 bits per heavy atom. The lowest BCUT2D eigenvalue weighted by molar-refractivity contribution is 0.274. The van der Waals surface area contributed by atoms with E-state index in [2.05, 4.69) is 47.9 Å². The Kier molecular flexibility index (Phi) is 6.69. The van der Waals surface area contributed by atoms with E-state index in [4.69, 9.17) is 0 Å². The zero-order valence-electron chi connectivity index (χ0n) is 10.7. The first-order valence-corrected chi connectivity index (χ1v) is 7.07. The molecule has 0 saturated carbocycles. The summed E-state index contributed by atoms with van der Waals surface area (Å²) in [5, 5.41) is 7.86. The highest BCUT2D eigenvalue weighted by Gasteiger charge is 2.06. The van der Waals surface area contributed by atoms with E-state index >= 15 is 0 Å². The summed E-state index contributed by atoms with van der Waals surface area (Å²) in [7, 11) is 2.20. The Labute approximate surface area is 104 Å². The highest BCUT2D eigenvalue weighted by molar-refractivity contribution is 7.07. The fourth-order valence-corrected chi connectivity index (χ4v) is 2.54. The van der Waals surface area contributed by atoms with E-state index in [0.29, 0.717) is 0 Å². The second-order valence-electron chi connectivity index (χ2n) is 4.64. The maximum Gasteiger partial charge on any atom is 0.0239 e. The van der Waals surface area contributed by atoms with Crippen molar-refractivity contribution in [3.05, 3.63) is 22.4 Å². The summed E-state index contributed by atoms with van der Waals surface area (Å²) in [6.45, 7) is 9.02. The first-order chi connectivity index (χ1) is 7.72. The molecule has 92 valence electrons. The zero-order valence-corrected chi connectivity index (χ0v) is 11.5. The van der Waals surface area contributed by atoms with Crippen LogP contribution in [0.5, 0.6) is 0 Å². The molecule has 16 heavy (non-hydrogen) atoms. The topological polar surface area (TPSA) is 15.3 Å². The smallest absolute Gasteiger partial charge is 0.0239 e. The van der Waals surface area contributed by atoms with Crippen molar-refractivity contribution in [3.8, 4) is 0 Å². The quantitative estimate of drug-likeness (QED) is 0.703. The normalized spacial score (nSPS) is 13.2. The average molecular weight is 240 g/mol. The molecule has 1 rings (SSSR count). The highest BCUT2D eigenvalue weighted by atomic mass is 32.1. The van der Waals surface area contributed by atoms with Gasteiger partial charge in [-0.2, -0.15) is 11.3 Å². The number of nitrogens with one attached hydrogen (secondary N) is 1. The highest BCUT2D eigenvalue weighted by Crippen LogP contribution is 2.09. The Hall–Kier alpha value is -0.380. The summed E-state index contributed by atoms with van der Waals surface area (Å²) >= 11 is 1.78. The van der Waals surface area contributed by atoms with E-state index in [9.17, 15) is 0 Å². The van der Waals surface area contributed by atoms with Gasteiger partial charge in [-0.25, -0.2) is 0 Å². The van der Waals surface area contributed by atoms with Gasteiger partial charge < -0.3 is 10.2 Å². The van der Waals surface area contributed by atoms with Gasteiger partial charge in [0, 0.05) is 13.1 Å². The van der Waals surface area contributed by atoms with E-state index in [1.165, 1.54) is 12.0 Å². The van der Waals surface area contributed by atoms with Crippen LogP contribution in [0.15, 0.2) is 16.8 Å². The zero-order chi connectivity index (χ0) is 11.8. The van der Waals surface area contributed by atoms with E-state index in [-0.39, 0.29) is 0 Å². The van der Waals surface area contributed by atoms with Crippen LogP contribution in [0.4, 0.5) is 0 Å². The van der Waals surface area contributed by atoms with Gasteiger partial charge in [-0.05, 0) is 54.9 Å². The third-order valence-corrected chi connectivity index (χ3v) is 3.31. The lowest BCUT2D eigenvalue weighted by Gasteiger charge is -2.21. The predicted molar refractivity (Wildman–Crippen MR) is 73.0 cm³/mol. The summed E-state index contributed by atoms with van der Waals surface area (Å²) in [4.78, 5) is 2.40. The fraction of sp³-hybridized carbons (Fsp3) is 0.692. The molecule has 1 heterocycles. The number of rotatable bonds is 8. The number of hydrogen-bond acceptors (Lipinski definition) is 3. The van der Waals surface area contributed by atoms with Crippen LogP contribution in [0.2, 0.25) is 0 Å². The van der Waals surface area contributed by atoms with Gasteiger partial charge in [0.05, 0.1) is 0 Å². The van der Waals surface area contributed by atoms with Crippen LogP contribution < -0.4 is 5.32 Å². The second-order valence-corrected chi connectivity index (χ2v) is 5.42. The summed E-state index contributed by atoms with van der Waals surface area (Å²) in [5.41, 5.74) is 1.43. The van der Waals surface area contributed by atoms with Crippen molar-refractivity contribution in [3.63, 3.8) is 0 Å². The van der Waals surface area contributed by atoms with Crippen molar-refractivity contribution in [2.45, 2.75) is 26.8 Å².